The number of carbonyl (C=O) groups excluding carboxylic acids is 1. The van der Waals surface area contributed by atoms with Gasteiger partial charge in [0.05, 0.1) is 0 Å². The van der Waals surface area contributed by atoms with Crippen LogP contribution < -0.4 is 0 Å². The topological polar surface area (TPSA) is 23.6 Å². The van der Waals surface area contributed by atoms with Crippen LogP contribution in [0.5, 0.6) is 0 Å². The molecule has 1 aromatic carbocycles. The molecule has 0 spiro atoms. The summed E-state index contributed by atoms with van der Waals surface area (Å²) in [6.45, 7) is 3.79. The first-order chi connectivity index (χ1) is 8.66. The van der Waals surface area contributed by atoms with Crippen molar-refractivity contribution in [3.63, 3.8) is 0 Å². The van der Waals surface area contributed by atoms with E-state index in [0.717, 1.165) is 30.7 Å². The summed E-state index contributed by atoms with van der Waals surface area (Å²) < 4.78 is 0.794. The molecule has 1 aliphatic heterocycles. The summed E-state index contributed by atoms with van der Waals surface area (Å²) >= 11 is 3.36. The lowest BCUT2D eigenvalue weighted by Gasteiger charge is -2.29. The Labute approximate surface area is 116 Å². The van der Waals surface area contributed by atoms with Crippen LogP contribution in [0.3, 0.4) is 0 Å². The van der Waals surface area contributed by atoms with Crippen LogP contribution in [0.4, 0.5) is 0 Å². The smallest absolute Gasteiger partial charge is 0.238 e. The number of Topliss-reactive ketones (excluding diaryl/α,β-unsaturated/α-hetero) is 1. The van der Waals surface area contributed by atoms with Gasteiger partial charge in [0, 0.05) is 42.3 Å². The second-order valence-corrected chi connectivity index (χ2v) is 5.19. The Kier molecular flexibility index (Phi) is 4.40. The highest BCUT2D eigenvalue weighted by Gasteiger charge is 2.11. The molecule has 1 heterocycles. The van der Waals surface area contributed by atoms with E-state index in [1.807, 2.05) is 23.1 Å². The molecule has 0 saturated carbocycles. The minimum Gasteiger partial charge on any atom is -0.330 e. The average Bonchev–Trinajstić information content (AvgIpc) is 2.38. The van der Waals surface area contributed by atoms with Crippen LogP contribution in [0.2, 0.25) is 0 Å². The van der Waals surface area contributed by atoms with E-state index in [2.05, 4.69) is 39.8 Å². The number of piperazine rings is 1. The fourth-order valence-electron chi connectivity index (χ4n) is 1.76. The Morgan fingerprint density at radius 2 is 1.89 bits per heavy atom. The summed E-state index contributed by atoms with van der Waals surface area (Å²) in [5.41, 5.74) is 0.624. The van der Waals surface area contributed by atoms with Gasteiger partial charge < -0.3 is 9.80 Å². The van der Waals surface area contributed by atoms with Crippen molar-refractivity contribution in [2.75, 3.05) is 33.2 Å². The Hall–Kier alpha value is -1.31. The predicted octanol–water partition coefficient (Wildman–Crippen LogP) is 1.84. The van der Waals surface area contributed by atoms with Crippen molar-refractivity contribution in [2.45, 2.75) is 0 Å². The average molecular weight is 307 g/mol. The van der Waals surface area contributed by atoms with Crippen molar-refractivity contribution in [2.24, 2.45) is 0 Å². The van der Waals surface area contributed by atoms with Crippen LogP contribution in [0.15, 0.2) is 28.7 Å². The third-order valence-corrected chi connectivity index (χ3v) is 3.64. The van der Waals surface area contributed by atoms with E-state index < -0.39 is 0 Å². The lowest BCUT2D eigenvalue weighted by atomic mass is 10.1. The minimum absolute atomic E-state index is 0.138. The van der Waals surface area contributed by atoms with Gasteiger partial charge in [-0.2, -0.15) is 0 Å². The fraction of sp³-hybridized carbons (Fsp3) is 0.357. The Morgan fingerprint density at radius 3 is 2.56 bits per heavy atom. The monoisotopic (exact) mass is 306 g/mol. The second kappa shape index (κ2) is 6.03. The zero-order valence-electron chi connectivity index (χ0n) is 10.3. The normalized spacial score (nSPS) is 16.0. The van der Waals surface area contributed by atoms with Gasteiger partial charge in [0.2, 0.25) is 5.78 Å². The summed E-state index contributed by atoms with van der Waals surface area (Å²) in [5.74, 6) is 2.58. The van der Waals surface area contributed by atoms with Crippen molar-refractivity contribution in [1.82, 2.24) is 9.80 Å². The first-order valence-electron chi connectivity index (χ1n) is 5.91. The maximum atomic E-state index is 11.9. The van der Waals surface area contributed by atoms with Crippen molar-refractivity contribution in [1.29, 1.82) is 0 Å². The third kappa shape index (κ3) is 3.34. The highest BCUT2D eigenvalue weighted by atomic mass is 79.9. The number of ketones is 1. The molecule has 0 aliphatic carbocycles. The molecule has 1 aliphatic rings. The van der Waals surface area contributed by atoms with Crippen molar-refractivity contribution < 1.29 is 4.79 Å². The maximum Gasteiger partial charge on any atom is 0.238 e. The summed E-state index contributed by atoms with van der Waals surface area (Å²) in [6.07, 6.45) is 0. The third-order valence-electron chi connectivity index (χ3n) is 2.95. The molecule has 1 fully saturated rings. The molecule has 3 nitrogen and oxygen atoms in total. The number of rotatable bonds is 1. The molecule has 0 N–H and O–H groups in total. The van der Waals surface area contributed by atoms with E-state index in [0.29, 0.717) is 5.56 Å². The van der Waals surface area contributed by atoms with Crippen LogP contribution in [-0.2, 0) is 0 Å². The lowest BCUT2D eigenvalue weighted by Crippen LogP contribution is -2.42. The molecule has 0 amide bonds. The van der Waals surface area contributed by atoms with Gasteiger partial charge in [-0.05, 0) is 25.1 Å². The van der Waals surface area contributed by atoms with Crippen LogP contribution in [-0.4, -0.2) is 48.8 Å². The highest BCUT2D eigenvalue weighted by molar-refractivity contribution is 9.10. The van der Waals surface area contributed by atoms with Crippen molar-refractivity contribution in [3.05, 3.63) is 34.3 Å². The molecule has 18 heavy (non-hydrogen) atoms. The van der Waals surface area contributed by atoms with E-state index in [4.69, 9.17) is 0 Å². The predicted molar refractivity (Wildman–Crippen MR) is 75.3 cm³/mol. The molecule has 1 aromatic rings. The van der Waals surface area contributed by atoms with Gasteiger partial charge in [0.15, 0.2) is 0 Å². The number of nitrogens with zero attached hydrogens (tertiary/aromatic N) is 2. The molecule has 94 valence electrons. The molecular weight excluding hydrogens is 292 g/mol. The summed E-state index contributed by atoms with van der Waals surface area (Å²) in [5, 5.41) is 0. The van der Waals surface area contributed by atoms with Gasteiger partial charge in [-0.1, -0.05) is 28.1 Å². The van der Waals surface area contributed by atoms with Gasteiger partial charge in [-0.3, -0.25) is 4.79 Å². The Morgan fingerprint density at radius 1 is 1.22 bits per heavy atom. The van der Waals surface area contributed by atoms with E-state index in [1.165, 1.54) is 0 Å². The van der Waals surface area contributed by atoms with E-state index in [9.17, 15) is 4.79 Å². The lowest BCUT2D eigenvalue weighted by molar-refractivity contribution is 0.105. The standard InChI is InChI=1S/C14H15BrN2O/c1-16-8-10-17(11-9-16)7-6-14(18)12-4-2-3-5-13(12)15/h2-5H,8-11H2,1H3. The molecule has 4 heteroatoms. The fourth-order valence-corrected chi connectivity index (χ4v) is 2.23. The van der Waals surface area contributed by atoms with E-state index in [-0.39, 0.29) is 5.78 Å². The van der Waals surface area contributed by atoms with Crippen LogP contribution >= 0.6 is 15.9 Å². The van der Waals surface area contributed by atoms with Gasteiger partial charge in [-0.25, -0.2) is 0 Å². The Bertz CT molecular complexity index is 496. The van der Waals surface area contributed by atoms with E-state index in [1.54, 1.807) is 6.07 Å². The van der Waals surface area contributed by atoms with Crippen LogP contribution in [0.1, 0.15) is 10.4 Å². The number of hydrogen-bond donors (Lipinski definition) is 0. The number of benzene rings is 1. The number of carbonyl (C=O) groups is 1. The zero-order chi connectivity index (χ0) is 13.0. The number of halogens is 1. The van der Waals surface area contributed by atoms with Crippen LogP contribution in [0, 0.1) is 12.0 Å². The quantitative estimate of drug-likeness (QED) is 0.584. The van der Waals surface area contributed by atoms with Crippen LogP contribution in [0.25, 0.3) is 0 Å². The van der Waals surface area contributed by atoms with Gasteiger partial charge >= 0.3 is 0 Å². The number of hydrogen-bond acceptors (Lipinski definition) is 3. The molecule has 0 unspecified atom stereocenters. The number of likely N-dealkylation sites (N-methyl/N-ethyl adjacent to an activating group) is 1. The molecule has 0 aromatic heterocycles. The summed E-state index contributed by atoms with van der Waals surface area (Å²) in [6, 6.07) is 10.3. The Balaban J connectivity index is 2.02. The summed E-state index contributed by atoms with van der Waals surface area (Å²) in [7, 11) is 2.09. The summed E-state index contributed by atoms with van der Waals surface area (Å²) in [4.78, 5) is 16.2. The van der Waals surface area contributed by atoms with Gasteiger partial charge in [0.1, 0.15) is 0 Å². The maximum absolute atomic E-state index is 11.9. The minimum atomic E-state index is -0.138. The largest absolute Gasteiger partial charge is 0.330 e. The van der Waals surface area contributed by atoms with E-state index >= 15 is 0 Å². The highest BCUT2D eigenvalue weighted by Crippen LogP contribution is 2.15. The molecule has 0 atom stereocenters. The van der Waals surface area contributed by atoms with Gasteiger partial charge in [0.25, 0.3) is 0 Å². The molecule has 2 rings (SSSR count). The van der Waals surface area contributed by atoms with Gasteiger partial charge in [-0.15, -0.1) is 0 Å². The van der Waals surface area contributed by atoms with Crippen molar-refractivity contribution >= 4 is 21.7 Å². The SMILES string of the molecule is CN1CCN(C#CC(=O)c2ccccc2Br)CC1. The van der Waals surface area contributed by atoms with Crippen molar-refractivity contribution in [3.8, 4) is 12.0 Å². The molecular formula is C14H15BrN2O. The first-order valence-corrected chi connectivity index (χ1v) is 6.70. The molecule has 1 saturated heterocycles. The first kappa shape index (κ1) is 13.1. The second-order valence-electron chi connectivity index (χ2n) is 4.34. The molecule has 0 bridgehead atoms. The zero-order valence-corrected chi connectivity index (χ0v) is 11.9. The molecule has 0 radical (unpaired) electrons.